The van der Waals surface area contributed by atoms with Crippen LogP contribution in [0.4, 0.5) is 0 Å². The predicted octanol–water partition coefficient (Wildman–Crippen LogP) is 2.93. The van der Waals surface area contributed by atoms with Gasteiger partial charge >= 0.3 is 0 Å². The van der Waals surface area contributed by atoms with Crippen LogP contribution in [0.25, 0.3) is 11.2 Å². The largest absolute Gasteiger partial charge is 0.374 e. The molecule has 0 spiro atoms. The van der Waals surface area contributed by atoms with Crippen molar-refractivity contribution in [2.75, 3.05) is 12.5 Å². The van der Waals surface area contributed by atoms with Gasteiger partial charge in [0.15, 0.2) is 5.65 Å². The van der Waals surface area contributed by atoms with Crippen LogP contribution < -0.4 is 0 Å². The number of halogens is 1. The Kier molecular flexibility index (Phi) is 4.94. The van der Waals surface area contributed by atoms with Crippen molar-refractivity contribution in [2.45, 2.75) is 52.7 Å². The first kappa shape index (κ1) is 16.3. The molecule has 5 nitrogen and oxygen atoms in total. The fourth-order valence-corrected chi connectivity index (χ4v) is 2.95. The lowest BCUT2D eigenvalue weighted by Crippen LogP contribution is -2.31. The van der Waals surface area contributed by atoms with E-state index >= 15 is 0 Å². The van der Waals surface area contributed by atoms with Gasteiger partial charge < -0.3 is 9.30 Å². The third-order valence-electron chi connectivity index (χ3n) is 3.60. The summed E-state index contributed by atoms with van der Waals surface area (Å²) in [6, 6.07) is 0. The highest BCUT2D eigenvalue weighted by molar-refractivity contribution is 6.17. The molecule has 0 unspecified atom stereocenters. The van der Waals surface area contributed by atoms with Gasteiger partial charge in [0.05, 0.1) is 17.8 Å². The fourth-order valence-electron chi connectivity index (χ4n) is 2.78. The molecule has 0 aliphatic carbocycles. The molecule has 0 aliphatic rings. The smallest absolute Gasteiger partial charge is 0.158 e. The highest BCUT2D eigenvalue weighted by atomic mass is 35.5. The zero-order valence-electron chi connectivity index (χ0n) is 13.6. The molecule has 0 amide bonds. The zero-order chi connectivity index (χ0) is 15.6. The summed E-state index contributed by atoms with van der Waals surface area (Å²) in [4.78, 5) is 4.78. The summed E-state index contributed by atoms with van der Waals surface area (Å²) in [5, 5.41) is 4.57. The third kappa shape index (κ3) is 3.24. The molecule has 2 aromatic rings. The number of hydrogen-bond acceptors (Lipinski definition) is 3. The van der Waals surface area contributed by atoms with Gasteiger partial charge in [-0.15, -0.1) is 11.6 Å². The van der Waals surface area contributed by atoms with Crippen LogP contribution in [0.1, 0.15) is 39.2 Å². The maximum Gasteiger partial charge on any atom is 0.158 e. The van der Waals surface area contributed by atoms with Crippen molar-refractivity contribution in [2.24, 2.45) is 7.05 Å². The van der Waals surface area contributed by atoms with Crippen molar-refractivity contribution in [3.05, 3.63) is 11.5 Å². The summed E-state index contributed by atoms with van der Waals surface area (Å²) in [5.74, 6) is 1.57. The van der Waals surface area contributed by atoms with E-state index in [2.05, 4.69) is 30.4 Å². The van der Waals surface area contributed by atoms with E-state index in [9.17, 15) is 0 Å². The van der Waals surface area contributed by atoms with E-state index in [1.165, 1.54) is 0 Å². The molecule has 0 atom stereocenters. The molecule has 2 rings (SSSR count). The molecular formula is C15H25ClN4O. The van der Waals surface area contributed by atoms with Gasteiger partial charge in [0.2, 0.25) is 0 Å². The molecule has 2 heterocycles. The lowest BCUT2D eigenvalue weighted by molar-refractivity contribution is -0.0223. The molecule has 0 saturated carbocycles. The van der Waals surface area contributed by atoms with E-state index in [4.69, 9.17) is 21.3 Å². The molecular weight excluding hydrogens is 288 g/mol. The van der Waals surface area contributed by atoms with E-state index in [1.54, 1.807) is 0 Å². The van der Waals surface area contributed by atoms with E-state index < -0.39 is 0 Å². The summed E-state index contributed by atoms with van der Waals surface area (Å²) in [5.41, 5.74) is 2.84. The van der Waals surface area contributed by atoms with Gasteiger partial charge in [-0.05, 0) is 27.2 Å². The molecule has 6 heteroatoms. The number of aromatic nitrogens is 4. The number of hydrogen-bond donors (Lipinski definition) is 0. The molecule has 0 aromatic carbocycles. The monoisotopic (exact) mass is 312 g/mol. The molecule has 0 aliphatic heterocycles. The number of alkyl halides is 1. The minimum Gasteiger partial charge on any atom is -0.374 e. The number of rotatable bonds is 7. The second-order valence-corrected chi connectivity index (χ2v) is 6.22. The van der Waals surface area contributed by atoms with Crippen molar-refractivity contribution in [3.63, 3.8) is 0 Å². The number of nitrogens with zero attached hydrogens (tertiary/aromatic N) is 4. The Balaban J connectivity index is 2.53. The second kappa shape index (κ2) is 6.36. The number of aryl methyl sites for hydroxylation is 3. The van der Waals surface area contributed by atoms with Crippen molar-refractivity contribution < 1.29 is 4.74 Å². The van der Waals surface area contributed by atoms with Crippen molar-refractivity contribution in [1.82, 2.24) is 19.3 Å². The Morgan fingerprint density at radius 1 is 1.29 bits per heavy atom. The molecule has 0 N–H and O–H groups in total. The minimum absolute atomic E-state index is 0.250. The minimum atomic E-state index is -0.250. The standard InChI is InChI=1S/C15H25ClN4O/c1-6-11-13-14(19(5)18-11)20(12(17-13)8-9-16)10-15(3,4)21-7-2/h6-10H2,1-5H3. The van der Waals surface area contributed by atoms with E-state index in [0.717, 1.165) is 42.1 Å². The summed E-state index contributed by atoms with van der Waals surface area (Å²) in [6.45, 7) is 9.76. The zero-order valence-corrected chi connectivity index (χ0v) is 14.4. The Hall–Kier alpha value is -1.07. The molecule has 21 heavy (non-hydrogen) atoms. The van der Waals surface area contributed by atoms with Gasteiger partial charge in [-0.2, -0.15) is 5.10 Å². The molecule has 2 aromatic heterocycles. The quantitative estimate of drug-likeness (QED) is 0.738. The second-order valence-electron chi connectivity index (χ2n) is 5.84. The summed E-state index contributed by atoms with van der Waals surface area (Å²) in [7, 11) is 1.97. The van der Waals surface area contributed by atoms with Crippen LogP contribution in [-0.2, 0) is 31.2 Å². The highest BCUT2D eigenvalue weighted by Crippen LogP contribution is 2.24. The fraction of sp³-hybridized carbons (Fsp3) is 0.733. The van der Waals surface area contributed by atoms with E-state index in [0.29, 0.717) is 12.5 Å². The van der Waals surface area contributed by atoms with Gasteiger partial charge in [-0.1, -0.05) is 6.92 Å². The first-order chi connectivity index (χ1) is 9.93. The maximum absolute atomic E-state index is 5.94. The van der Waals surface area contributed by atoms with Crippen LogP contribution >= 0.6 is 11.6 Å². The van der Waals surface area contributed by atoms with Gasteiger partial charge in [-0.3, -0.25) is 4.68 Å². The molecule has 0 bridgehead atoms. The van der Waals surface area contributed by atoms with Gasteiger partial charge in [0.25, 0.3) is 0 Å². The average molecular weight is 313 g/mol. The Labute approximate surface area is 131 Å². The number of imidazole rings is 1. The number of fused-ring (bicyclic) bond motifs is 1. The van der Waals surface area contributed by atoms with Crippen LogP contribution in [0, 0.1) is 0 Å². The Morgan fingerprint density at radius 3 is 2.57 bits per heavy atom. The van der Waals surface area contributed by atoms with Gasteiger partial charge in [0.1, 0.15) is 11.3 Å². The van der Waals surface area contributed by atoms with E-state index in [-0.39, 0.29) is 5.60 Å². The Bertz CT molecular complexity index is 615. The lowest BCUT2D eigenvalue weighted by Gasteiger charge is -2.26. The molecule has 0 saturated heterocycles. The van der Waals surface area contributed by atoms with Crippen molar-refractivity contribution in [1.29, 1.82) is 0 Å². The molecule has 0 fully saturated rings. The van der Waals surface area contributed by atoms with Crippen LogP contribution in [0.15, 0.2) is 0 Å². The van der Waals surface area contributed by atoms with Crippen molar-refractivity contribution in [3.8, 4) is 0 Å². The summed E-state index contributed by atoms with van der Waals surface area (Å²) < 4.78 is 9.97. The van der Waals surface area contributed by atoms with Crippen LogP contribution in [-0.4, -0.2) is 37.4 Å². The van der Waals surface area contributed by atoms with Gasteiger partial charge in [0, 0.05) is 26.0 Å². The van der Waals surface area contributed by atoms with Crippen LogP contribution in [0.5, 0.6) is 0 Å². The summed E-state index contributed by atoms with van der Waals surface area (Å²) >= 11 is 5.94. The third-order valence-corrected chi connectivity index (χ3v) is 3.79. The van der Waals surface area contributed by atoms with Crippen LogP contribution in [0.2, 0.25) is 0 Å². The van der Waals surface area contributed by atoms with Crippen LogP contribution in [0.3, 0.4) is 0 Å². The maximum atomic E-state index is 5.94. The first-order valence-corrected chi connectivity index (χ1v) is 8.07. The SMILES string of the molecule is CCOC(C)(C)Cn1c(CCCl)nc2c(CC)nn(C)c21. The number of ether oxygens (including phenoxy) is 1. The molecule has 118 valence electrons. The average Bonchev–Trinajstić information content (AvgIpc) is 2.89. The molecule has 0 radical (unpaired) electrons. The topological polar surface area (TPSA) is 44.9 Å². The predicted molar refractivity (Wildman–Crippen MR) is 86.0 cm³/mol. The normalized spacial score (nSPS) is 12.5. The first-order valence-electron chi connectivity index (χ1n) is 7.54. The van der Waals surface area contributed by atoms with E-state index in [1.807, 2.05) is 18.7 Å². The highest BCUT2D eigenvalue weighted by Gasteiger charge is 2.25. The summed E-state index contributed by atoms with van der Waals surface area (Å²) in [6.07, 6.45) is 1.63. The van der Waals surface area contributed by atoms with Gasteiger partial charge in [-0.25, -0.2) is 4.98 Å². The Morgan fingerprint density at radius 2 is 2.00 bits per heavy atom. The van der Waals surface area contributed by atoms with Crippen molar-refractivity contribution >= 4 is 22.8 Å². The lowest BCUT2D eigenvalue weighted by atomic mass is 10.1.